The van der Waals surface area contributed by atoms with Gasteiger partial charge in [-0.3, -0.25) is 4.79 Å². The van der Waals surface area contributed by atoms with Gasteiger partial charge in [0.2, 0.25) is 5.91 Å². The molecule has 0 bridgehead atoms. The molecular formula is C10H20N2O2. The van der Waals surface area contributed by atoms with E-state index in [1.54, 1.807) is 0 Å². The van der Waals surface area contributed by atoms with Crippen LogP contribution in [0.5, 0.6) is 0 Å². The van der Waals surface area contributed by atoms with Crippen LogP contribution in [0.15, 0.2) is 0 Å². The second-order valence-electron chi connectivity index (χ2n) is 3.84. The van der Waals surface area contributed by atoms with Gasteiger partial charge in [-0.2, -0.15) is 0 Å². The molecular weight excluding hydrogens is 180 g/mol. The number of rotatable bonds is 3. The van der Waals surface area contributed by atoms with Crippen molar-refractivity contribution in [2.45, 2.75) is 38.8 Å². The van der Waals surface area contributed by atoms with Gasteiger partial charge in [0, 0.05) is 19.5 Å². The average Bonchev–Trinajstić information content (AvgIpc) is 2.19. The van der Waals surface area contributed by atoms with E-state index in [2.05, 4.69) is 0 Å². The van der Waals surface area contributed by atoms with Crippen LogP contribution in [0.25, 0.3) is 0 Å². The molecule has 2 atom stereocenters. The molecule has 1 saturated heterocycles. The highest BCUT2D eigenvalue weighted by molar-refractivity contribution is 5.76. The molecule has 1 fully saturated rings. The third-order valence-electron chi connectivity index (χ3n) is 2.55. The minimum Gasteiger partial charge on any atom is -0.373 e. The van der Waals surface area contributed by atoms with Crippen LogP contribution < -0.4 is 5.73 Å². The van der Waals surface area contributed by atoms with Crippen LogP contribution in [0.4, 0.5) is 0 Å². The van der Waals surface area contributed by atoms with Crippen molar-refractivity contribution in [1.29, 1.82) is 0 Å². The smallest absolute Gasteiger partial charge is 0.222 e. The Hall–Kier alpha value is -0.610. The molecule has 4 heteroatoms. The Balaban J connectivity index is 2.51. The lowest BCUT2D eigenvalue weighted by atomic mass is 10.1. The van der Waals surface area contributed by atoms with Crippen molar-refractivity contribution in [3.05, 3.63) is 0 Å². The summed E-state index contributed by atoms with van der Waals surface area (Å²) in [5.74, 6) is 0.224. The van der Waals surface area contributed by atoms with Crippen molar-refractivity contribution in [3.8, 4) is 0 Å². The van der Waals surface area contributed by atoms with Gasteiger partial charge in [0.15, 0.2) is 0 Å². The minimum absolute atomic E-state index is 0.0204. The predicted octanol–water partition coefficient (Wildman–Crippen LogP) is 0.361. The van der Waals surface area contributed by atoms with E-state index in [4.69, 9.17) is 10.5 Å². The first-order valence-electron chi connectivity index (χ1n) is 5.30. The van der Waals surface area contributed by atoms with Crippen LogP contribution in [0.3, 0.4) is 0 Å². The number of amides is 1. The van der Waals surface area contributed by atoms with E-state index < -0.39 is 0 Å². The molecule has 0 saturated carbocycles. The molecule has 0 aliphatic carbocycles. The van der Waals surface area contributed by atoms with E-state index in [1.807, 2.05) is 18.7 Å². The lowest BCUT2D eigenvalue weighted by Crippen LogP contribution is -2.52. The Morgan fingerprint density at radius 1 is 1.64 bits per heavy atom. The molecule has 2 N–H and O–H groups in total. The summed E-state index contributed by atoms with van der Waals surface area (Å²) in [5, 5.41) is 0. The van der Waals surface area contributed by atoms with Gasteiger partial charge >= 0.3 is 0 Å². The highest BCUT2D eigenvalue weighted by Crippen LogP contribution is 2.12. The highest BCUT2D eigenvalue weighted by Gasteiger charge is 2.27. The first kappa shape index (κ1) is 11.5. The van der Waals surface area contributed by atoms with Crippen LogP contribution >= 0.6 is 0 Å². The number of carbonyl (C=O) groups excluding carboxylic acids is 1. The summed E-state index contributed by atoms with van der Waals surface area (Å²) in [7, 11) is 0. The standard InChI is InChI=1S/C10H20N2O2/c1-3-4-10(13)12-6-9(5-11)14-7-8(12)2/h8-9H,3-7,11H2,1-2H3. The number of carbonyl (C=O) groups is 1. The van der Waals surface area contributed by atoms with Gasteiger partial charge in [-0.25, -0.2) is 0 Å². The predicted molar refractivity (Wildman–Crippen MR) is 54.9 cm³/mol. The maximum Gasteiger partial charge on any atom is 0.222 e. The number of nitrogens with two attached hydrogens (primary N) is 1. The maximum atomic E-state index is 11.7. The molecule has 0 aromatic rings. The minimum atomic E-state index is 0.0204. The summed E-state index contributed by atoms with van der Waals surface area (Å²) in [6.45, 7) is 5.78. The highest BCUT2D eigenvalue weighted by atomic mass is 16.5. The number of morpholine rings is 1. The molecule has 1 amide bonds. The number of ether oxygens (including phenoxy) is 1. The molecule has 1 rings (SSSR count). The van der Waals surface area contributed by atoms with Gasteiger partial charge in [-0.05, 0) is 13.3 Å². The molecule has 0 aromatic heterocycles. The van der Waals surface area contributed by atoms with Crippen LogP contribution in [0, 0.1) is 0 Å². The Kier molecular flexibility index (Phi) is 4.35. The number of hydrogen-bond donors (Lipinski definition) is 1. The lowest BCUT2D eigenvalue weighted by molar-refractivity contribution is -0.143. The van der Waals surface area contributed by atoms with Crippen LogP contribution in [0.1, 0.15) is 26.7 Å². The van der Waals surface area contributed by atoms with E-state index in [0.29, 0.717) is 26.1 Å². The topological polar surface area (TPSA) is 55.6 Å². The SMILES string of the molecule is CCCC(=O)N1CC(CN)OCC1C. The third kappa shape index (κ3) is 2.69. The van der Waals surface area contributed by atoms with Crippen LogP contribution in [-0.2, 0) is 9.53 Å². The molecule has 82 valence electrons. The fourth-order valence-corrected chi connectivity index (χ4v) is 1.67. The zero-order chi connectivity index (χ0) is 10.6. The molecule has 0 aromatic carbocycles. The molecule has 0 radical (unpaired) electrons. The van der Waals surface area contributed by atoms with Gasteiger partial charge in [0.05, 0.1) is 18.8 Å². The molecule has 4 nitrogen and oxygen atoms in total. The first-order valence-corrected chi connectivity index (χ1v) is 5.30. The van der Waals surface area contributed by atoms with Crippen LogP contribution in [0.2, 0.25) is 0 Å². The first-order chi connectivity index (χ1) is 6.69. The zero-order valence-corrected chi connectivity index (χ0v) is 9.03. The lowest BCUT2D eigenvalue weighted by Gasteiger charge is -2.37. The Morgan fingerprint density at radius 2 is 2.36 bits per heavy atom. The summed E-state index contributed by atoms with van der Waals surface area (Å²) in [4.78, 5) is 13.6. The van der Waals surface area contributed by atoms with Crippen molar-refractivity contribution in [2.75, 3.05) is 19.7 Å². The largest absolute Gasteiger partial charge is 0.373 e. The fourth-order valence-electron chi connectivity index (χ4n) is 1.67. The molecule has 1 heterocycles. The molecule has 1 aliphatic rings. The average molecular weight is 200 g/mol. The molecule has 14 heavy (non-hydrogen) atoms. The Labute approximate surface area is 85.4 Å². The van der Waals surface area contributed by atoms with Gasteiger partial charge in [0.1, 0.15) is 0 Å². The van der Waals surface area contributed by atoms with Gasteiger partial charge in [0.25, 0.3) is 0 Å². The van der Waals surface area contributed by atoms with Crippen molar-refractivity contribution in [3.63, 3.8) is 0 Å². The second kappa shape index (κ2) is 5.32. The maximum absolute atomic E-state index is 11.7. The van der Waals surface area contributed by atoms with Crippen molar-refractivity contribution < 1.29 is 9.53 Å². The Morgan fingerprint density at radius 3 is 2.93 bits per heavy atom. The summed E-state index contributed by atoms with van der Waals surface area (Å²) in [6, 6.07) is 0.192. The third-order valence-corrected chi connectivity index (χ3v) is 2.55. The summed E-state index contributed by atoms with van der Waals surface area (Å²) in [5.41, 5.74) is 5.52. The van der Waals surface area contributed by atoms with Gasteiger partial charge < -0.3 is 15.4 Å². The molecule has 2 unspecified atom stereocenters. The normalized spacial score (nSPS) is 27.8. The zero-order valence-electron chi connectivity index (χ0n) is 9.03. The van der Waals surface area contributed by atoms with E-state index in [1.165, 1.54) is 0 Å². The molecule has 1 aliphatic heterocycles. The molecule has 0 spiro atoms. The Bertz CT molecular complexity index is 197. The quantitative estimate of drug-likeness (QED) is 0.715. The number of hydrogen-bond acceptors (Lipinski definition) is 3. The second-order valence-corrected chi connectivity index (χ2v) is 3.84. The van der Waals surface area contributed by atoms with Crippen molar-refractivity contribution >= 4 is 5.91 Å². The van der Waals surface area contributed by atoms with Crippen LogP contribution in [-0.4, -0.2) is 42.6 Å². The van der Waals surface area contributed by atoms with E-state index in [0.717, 1.165) is 6.42 Å². The fraction of sp³-hybridized carbons (Fsp3) is 0.900. The van der Waals surface area contributed by atoms with E-state index >= 15 is 0 Å². The summed E-state index contributed by atoms with van der Waals surface area (Å²) < 4.78 is 5.48. The summed E-state index contributed by atoms with van der Waals surface area (Å²) in [6.07, 6.45) is 1.55. The van der Waals surface area contributed by atoms with Crippen molar-refractivity contribution in [1.82, 2.24) is 4.90 Å². The van der Waals surface area contributed by atoms with Gasteiger partial charge in [-0.1, -0.05) is 6.92 Å². The van der Waals surface area contributed by atoms with E-state index in [-0.39, 0.29) is 18.1 Å². The summed E-state index contributed by atoms with van der Waals surface area (Å²) >= 11 is 0. The van der Waals surface area contributed by atoms with Gasteiger partial charge in [-0.15, -0.1) is 0 Å². The monoisotopic (exact) mass is 200 g/mol. The van der Waals surface area contributed by atoms with Crippen molar-refractivity contribution in [2.24, 2.45) is 5.73 Å². The van der Waals surface area contributed by atoms with E-state index in [9.17, 15) is 4.79 Å². The number of nitrogens with zero attached hydrogens (tertiary/aromatic N) is 1.